The summed E-state index contributed by atoms with van der Waals surface area (Å²) in [5.41, 5.74) is 8.44. The number of fused-ring (bicyclic) bond motifs is 1. The van der Waals surface area contributed by atoms with Crippen molar-refractivity contribution in [2.75, 3.05) is 0 Å². The Balaban J connectivity index is 1.96. The molecule has 2 aliphatic rings. The van der Waals surface area contributed by atoms with E-state index in [0.29, 0.717) is 0 Å². The lowest BCUT2D eigenvalue weighted by Gasteiger charge is -2.35. The van der Waals surface area contributed by atoms with E-state index in [4.69, 9.17) is 0 Å². The number of hydrogen-bond acceptors (Lipinski definition) is 1. The van der Waals surface area contributed by atoms with Crippen LogP contribution in [0.1, 0.15) is 49.9 Å². The van der Waals surface area contributed by atoms with Gasteiger partial charge in [-0.25, -0.2) is 0 Å². The number of rotatable bonds is 0. The third kappa shape index (κ3) is 1.27. The van der Waals surface area contributed by atoms with Gasteiger partial charge in [-0.05, 0) is 44.2 Å². The highest BCUT2D eigenvalue weighted by molar-refractivity contribution is 6.32. The molecule has 134 valence electrons. The fourth-order valence-electron chi connectivity index (χ4n) is 6.50. The summed E-state index contributed by atoms with van der Waals surface area (Å²) in [5, 5.41) is 6.72. The Labute approximate surface area is 163 Å². The Bertz CT molecular complexity index is 1570. The summed E-state index contributed by atoms with van der Waals surface area (Å²) < 4.78 is 0. The SMILES string of the molecule is CC1(C)c2cccc3c2-c2c1c1cccc4c(=O)c5ccc(c2c5c14)C3(C)C. The minimum atomic E-state index is -0.0805. The third-order valence-corrected chi connectivity index (χ3v) is 7.74. The highest BCUT2D eigenvalue weighted by Crippen LogP contribution is 2.62. The molecule has 0 radical (unpaired) electrons. The first kappa shape index (κ1) is 15.0. The van der Waals surface area contributed by atoms with E-state index in [0.717, 1.165) is 10.8 Å². The topological polar surface area (TPSA) is 17.1 Å². The second-order valence-corrected chi connectivity index (χ2v) is 9.70. The average Bonchev–Trinajstić information content (AvgIpc) is 3.10. The summed E-state index contributed by atoms with van der Waals surface area (Å²) in [6.45, 7) is 9.36. The summed E-state index contributed by atoms with van der Waals surface area (Å²) in [4.78, 5) is 13.2. The van der Waals surface area contributed by atoms with E-state index in [1.807, 2.05) is 6.07 Å². The highest BCUT2D eigenvalue weighted by Gasteiger charge is 2.46. The van der Waals surface area contributed by atoms with Crippen LogP contribution in [0.4, 0.5) is 0 Å². The molecule has 0 unspecified atom stereocenters. The molecule has 28 heavy (non-hydrogen) atoms. The Morgan fingerprint density at radius 3 is 2.00 bits per heavy atom. The molecule has 0 saturated heterocycles. The first-order valence-corrected chi connectivity index (χ1v) is 10.1. The largest absolute Gasteiger partial charge is 0.289 e. The molecule has 0 spiro atoms. The molecule has 0 fully saturated rings. The quantitative estimate of drug-likeness (QED) is 0.295. The van der Waals surface area contributed by atoms with Gasteiger partial charge in [-0.2, -0.15) is 0 Å². The fraction of sp³-hybridized carbons (Fsp3) is 0.222. The molecule has 5 aromatic rings. The lowest BCUT2D eigenvalue weighted by molar-refractivity contribution is 0.640. The molecule has 0 saturated carbocycles. The molecular formula is C27H20O. The van der Waals surface area contributed by atoms with Crippen molar-refractivity contribution in [3.05, 3.63) is 81.0 Å². The molecule has 1 heteroatoms. The molecule has 0 amide bonds. The predicted molar refractivity (Wildman–Crippen MR) is 117 cm³/mol. The van der Waals surface area contributed by atoms with Crippen LogP contribution in [0.2, 0.25) is 0 Å². The molecular weight excluding hydrogens is 340 g/mol. The fourth-order valence-corrected chi connectivity index (χ4v) is 6.50. The second-order valence-electron chi connectivity index (χ2n) is 9.70. The summed E-state index contributed by atoms with van der Waals surface area (Å²) in [7, 11) is 0. The van der Waals surface area contributed by atoms with E-state index in [9.17, 15) is 4.79 Å². The van der Waals surface area contributed by atoms with Crippen molar-refractivity contribution < 1.29 is 0 Å². The van der Waals surface area contributed by atoms with Gasteiger partial charge in [-0.3, -0.25) is 4.79 Å². The lowest BCUT2D eigenvalue weighted by Crippen LogP contribution is -2.23. The van der Waals surface area contributed by atoms with Crippen molar-refractivity contribution >= 4 is 32.3 Å². The molecule has 0 heterocycles. The van der Waals surface area contributed by atoms with Crippen LogP contribution in [0.15, 0.2) is 53.3 Å². The normalized spacial score (nSPS) is 18.0. The standard InChI is InChI=1S/C27H20O/c1-26(2)16-9-6-10-17-21(16)23-22-18(26)12-11-15-20(22)19-13(24(23)27(17,3)4)7-5-8-14(19)25(15)28/h5-12H,1-4H3. The van der Waals surface area contributed by atoms with Crippen LogP contribution in [0.25, 0.3) is 43.4 Å². The molecule has 0 aliphatic heterocycles. The summed E-state index contributed by atoms with van der Waals surface area (Å²) in [5.74, 6) is 0. The monoisotopic (exact) mass is 360 g/mol. The van der Waals surface area contributed by atoms with E-state index in [2.05, 4.69) is 70.2 Å². The van der Waals surface area contributed by atoms with Crippen molar-refractivity contribution in [3.63, 3.8) is 0 Å². The maximum Gasteiger partial charge on any atom is 0.194 e. The smallest absolute Gasteiger partial charge is 0.194 e. The van der Waals surface area contributed by atoms with Crippen LogP contribution >= 0.6 is 0 Å². The predicted octanol–water partition coefficient (Wildman–Crippen LogP) is 6.33. The average molecular weight is 360 g/mol. The minimum Gasteiger partial charge on any atom is -0.289 e. The number of benzene rings is 4. The molecule has 5 aromatic carbocycles. The highest BCUT2D eigenvalue weighted by atomic mass is 16.1. The van der Waals surface area contributed by atoms with Crippen molar-refractivity contribution in [2.45, 2.75) is 38.5 Å². The zero-order valence-electron chi connectivity index (χ0n) is 16.5. The molecule has 0 N–H and O–H groups in total. The Morgan fingerprint density at radius 2 is 1.21 bits per heavy atom. The van der Waals surface area contributed by atoms with Crippen molar-refractivity contribution in [2.24, 2.45) is 0 Å². The van der Waals surface area contributed by atoms with E-state index < -0.39 is 0 Å². The zero-order chi connectivity index (χ0) is 19.2. The van der Waals surface area contributed by atoms with E-state index >= 15 is 0 Å². The summed E-state index contributed by atoms with van der Waals surface area (Å²) in [6, 6.07) is 17.4. The van der Waals surface area contributed by atoms with Gasteiger partial charge in [0.05, 0.1) is 0 Å². The van der Waals surface area contributed by atoms with Crippen molar-refractivity contribution in [1.82, 2.24) is 0 Å². The van der Waals surface area contributed by atoms with Gasteiger partial charge in [0.1, 0.15) is 0 Å². The molecule has 1 nitrogen and oxygen atoms in total. The van der Waals surface area contributed by atoms with Crippen LogP contribution in [0.3, 0.4) is 0 Å². The Kier molecular flexibility index (Phi) is 2.19. The maximum absolute atomic E-state index is 13.2. The molecule has 7 rings (SSSR count). The summed E-state index contributed by atoms with van der Waals surface area (Å²) in [6.07, 6.45) is 0. The molecule has 0 aromatic heterocycles. The minimum absolute atomic E-state index is 0.0766. The van der Waals surface area contributed by atoms with Crippen LogP contribution in [-0.2, 0) is 10.8 Å². The third-order valence-electron chi connectivity index (χ3n) is 7.74. The van der Waals surface area contributed by atoms with Gasteiger partial charge in [-0.15, -0.1) is 0 Å². The zero-order valence-corrected chi connectivity index (χ0v) is 16.5. The van der Waals surface area contributed by atoms with Crippen LogP contribution in [0.5, 0.6) is 0 Å². The maximum atomic E-state index is 13.2. The molecule has 2 aliphatic carbocycles. The van der Waals surface area contributed by atoms with E-state index in [1.165, 1.54) is 54.9 Å². The lowest BCUT2D eigenvalue weighted by atomic mass is 9.68. The van der Waals surface area contributed by atoms with Gasteiger partial charge in [0, 0.05) is 32.4 Å². The van der Waals surface area contributed by atoms with Crippen LogP contribution in [0, 0.1) is 0 Å². The van der Waals surface area contributed by atoms with E-state index in [1.54, 1.807) is 0 Å². The Hall–Kier alpha value is -2.93. The van der Waals surface area contributed by atoms with Gasteiger partial charge in [0.15, 0.2) is 5.43 Å². The Morgan fingerprint density at radius 1 is 0.571 bits per heavy atom. The summed E-state index contributed by atoms with van der Waals surface area (Å²) >= 11 is 0. The van der Waals surface area contributed by atoms with Crippen molar-refractivity contribution in [3.8, 4) is 11.1 Å². The second kappa shape index (κ2) is 4.07. The van der Waals surface area contributed by atoms with Crippen LogP contribution < -0.4 is 5.43 Å². The molecule has 0 bridgehead atoms. The first-order chi connectivity index (χ1) is 13.3. The molecule has 0 atom stereocenters. The van der Waals surface area contributed by atoms with Gasteiger partial charge in [0.25, 0.3) is 0 Å². The first-order valence-electron chi connectivity index (χ1n) is 10.1. The van der Waals surface area contributed by atoms with Crippen LogP contribution in [-0.4, -0.2) is 0 Å². The number of hydrogen-bond donors (Lipinski definition) is 0. The van der Waals surface area contributed by atoms with Gasteiger partial charge in [0.2, 0.25) is 0 Å². The van der Waals surface area contributed by atoms with Crippen molar-refractivity contribution in [1.29, 1.82) is 0 Å². The van der Waals surface area contributed by atoms with Gasteiger partial charge in [-0.1, -0.05) is 76.2 Å². The van der Waals surface area contributed by atoms with Gasteiger partial charge >= 0.3 is 0 Å². The van der Waals surface area contributed by atoms with E-state index in [-0.39, 0.29) is 16.3 Å². The van der Waals surface area contributed by atoms with Gasteiger partial charge < -0.3 is 0 Å².